The Balaban J connectivity index is 1.54. The minimum atomic E-state index is -0.606. The monoisotopic (exact) mass is 413 g/mol. The van der Waals surface area contributed by atoms with Crippen molar-refractivity contribution < 1.29 is 9.59 Å². The number of para-hydroxylation sites is 1. The summed E-state index contributed by atoms with van der Waals surface area (Å²) in [6, 6.07) is 16.6. The van der Waals surface area contributed by atoms with Gasteiger partial charge in [-0.2, -0.15) is 0 Å². The van der Waals surface area contributed by atoms with Gasteiger partial charge in [-0.05, 0) is 42.5 Å². The molecule has 5 nitrogen and oxygen atoms in total. The highest BCUT2D eigenvalue weighted by atomic mass is 35.5. The van der Waals surface area contributed by atoms with Gasteiger partial charge in [0, 0.05) is 25.3 Å². The van der Waals surface area contributed by atoms with E-state index in [2.05, 4.69) is 27.7 Å². The minimum Gasteiger partial charge on any atom is -0.371 e. The summed E-state index contributed by atoms with van der Waals surface area (Å²) in [6.45, 7) is 6.35. The molecular formula is C23H28ClN3O2. The Labute approximate surface area is 177 Å². The third kappa shape index (κ3) is 5.51. The van der Waals surface area contributed by atoms with Crippen LogP contribution >= 0.6 is 11.6 Å². The molecule has 29 heavy (non-hydrogen) atoms. The van der Waals surface area contributed by atoms with Gasteiger partial charge in [0.2, 0.25) is 5.91 Å². The van der Waals surface area contributed by atoms with Crippen molar-refractivity contribution in [3.63, 3.8) is 0 Å². The molecule has 2 aromatic rings. The number of halogens is 1. The lowest BCUT2D eigenvalue weighted by molar-refractivity contribution is -0.124. The van der Waals surface area contributed by atoms with E-state index in [0.717, 1.165) is 19.5 Å². The second-order valence-electron chi connectivity index (χ2n) is 7.86. The van der Waals surface area contributed by atoms with Crippen molar-refractivity contribution in [2.75, 3.05) is 24.5 Å². The third-order valence-electron chi connectivity index (χ3n) is 5.33. The lowest BCUT2D eigenvalue weighted by Crippen LogP contribution is -2.50. The van der Waals surface area contributed by atoms with E-state index in [1.54, 1.807) is 24.3 Å². The van der Waals surface area contributed by atoms with E-state index in [-0.39, 0.29) is 17.7 Å². The van der Waals surface area contributed by atoms with E-state index in [0.29, 0.717) is 23.0 Å². The summed E-state index contributed by atoms with van der Waals surface area (Å²) in [5.41, 5.74) is 1.59. The van der Waals surface area contributed by atoms with Crippen LogP contribution in [0.25, 0.3) is 0 Å². The zero-order valence-corrected chi connectivity index (χ0v) is 17.7. The molecule has 1 aliphatic heterocycles. The lowest BCUT2D eigenvalue weighted by atomic mass is 10.0. The second-order valence-corrected chi connectivity index (χ2v) is 8.26. The fourth-order valence-electron chi connectivity index (χ4n) is 3.63. The average Bonchev–Trinajstić information content (AvgIpc) is 3.20. The van der Waals surface area contributed by atoms with Gasteiger partial charge in [-0.15, -0.1) is 0 Å². The molecule has 2 amide bonds. The zero-order chi connectivity index (χ0) is 20.8. The summed E-state index contributed by atoms with van der Waals surface area (Å²) in [5.74, 6) is -0.129. The Hall–Kier alpha value is -2.53. The normalized spacial score (nSPS) is 17.2. The molecule has 2 atom stereocenters. The minimum absolute atomic E-state index is 0.0363. The van der Waals surface area contributed by atoms with Gasteiger partial charge in [0.1, 0.15) is 6.04 Å². The van der Waals surface area contributed by atoms with Crippen molar-refractivity contribution in [2.24, 2.45) is 11.8 Å². The third-order valence-corrected chi connectivity index (χ3v) is 5.66. The fraction of sp³-hybridized carbons (Fsp3) is 0.391. The number of anilines is 1. The van der Waals surface area contributed by atoms with Gasteiger partial charge in [-0.3, -0.25) is 9.59 Å². The number of carbonyl (C=O) groups is 2. The lowest BCUT2D eigenvalue weighted by Gasteiger charge is -2.23. The molecule has 0 saturated carbocycles. The molecule has 0 spiro atoms. The first-order valence-corrected chi connectivity index (χ1v) is 10.5. The number of nitrogens with zero attached hydrogens (tertiary/aromatic N) is 1. The van der Waals surface area contributed by atoms with E-state index in [1.807, 2.05) is 32.0 Å². The van der Waals surface area contributed by atoms with Crippen LogP contribution < -0.4 is 15.5 Å². The summed E-state index contributed by atoms with van der Waals surface area (Å²) in [7, 11) is 0. The molecule has 1 heterocycles. The quantitative estimate of drug-likeness (QED) is 0.726. The van der Waals surface area contributed by atoms with E-state index in [1.165, 1.54) is 5.69 Å². The molecule has 2 aromatic carbocycles. The predicted octanol–water partition coefficient (Wildman–Crippen LogP) is 3.74. The maximum atomic E-state index is 12.8. The molecule has 2 N–H and O–H groups in total. The summed E-state index contributed by atoms with van der Waals surface area (Å²) < 4.78 is 0. The van der Waals surface area contributed by atoms with Gasteiger partial charge in [0.15, 0.2) is 0 Å². The van der Waals surface area contributed by atoms with Crippen LogP contribution in [0.4, 0.5) is 5.69 Å². The van der Waals surface area contributed by atoms with Crippen LogP contribution in [0.1, 0.15) is 30.6 Å². The van der Waals surface area contributed by atoms with E-state index < -0.39 is 6.04 Å². The number of nitrogens with one attached hydrogen (secondary N) is 2. The number of hydrogen-bond acceptors (Lipinski definition) is 3. The molecule has 154 valence electrons. The van der Waals surface area contributed by atoms with Crippen molar-refractivity contribution in [2.45, 2.75) is 26.3 Å². The van der Waals surface area contributed by atoms with Gasteiger partial charge >= 0.3 is 0 Å². The smallest absolute Gasteiger partial charge is 0.253 e. The highest BCUT2D eigenvalue weighted by Crippen LogP contribution is 2.23. The number of amides is 2. The Bertz CT molecular complexity index is 841. The van der Waals surface area contributed by atoms with E-state index in [4.69, 9.17) is 11.6 Å². The molecule has 0 aliphatic carbocycles. The highest BCUT2D eigenvalue weighted by Gasteiger charge is 2.28. The maximum absolute atomic E-state index is 12.8. The first-order chi connectivity index (χ1) is 14.0. The molecule has 6 heteroatoms. The Morgan fingerprint density at radius 3 is 2.48 bits per heavy atom. The van der Waals surface area contributed by atoms with Crippen molar-refractivity contribution >= 4 is 29.1 Å². The van der Waals surface area contributed by atoms with Crippen LogP contribution in [0.15, 0.2) is 54.6 Å². The number of carbonyl (C=O) groups excluding carboxylic acids is 2. The Morgan fingerprint density at radius 2 is 1.79 bits per heavy atom. The predicted molar refractivity (Wildman–Crippen MR) is 117 cm³/mol. The number of hydrogen-bond donors (Lipinski definition) is 2. The highest BCUT2D eigenvalue weighted by molar-refractivity contribution is 6.33. The van der Waals surface area contributed by atoms with Crippen LogP contribution in [0.3, 0.4) is 0 Å². The molecule has 0 aromatic heterocycles. The molecule has 1 saturated heterocycles. The van der Waals surface area contributed by atoms with Crippen molar-refractivity contribution in [1.82, 2.24) is 10.6 Å². The summed E-state index contributed by atoms with van der Waals surface area (Å²) in [6.07, 6.45) is 1.04. The Kier molecular flexibility index (Phi) is 7.15. The standard InChI is InChI=1S/C23H28ClN3O2/c1-16(2)21(26-22(28)19-10-6-7-11-20(19)24)23(29)25-14-17-12-13-27(15-17)18-8-4-3-5-9-18/h3-11,16-17,21H,12-15H2,1-2H3,(H,25,29)(H,26,28). The molecule has 1 aliphatic rings. The zero-order valence-electron chi connectivity index (χ0n) is 16.9. The van der Waals surface area contributed by atoms with Crippen molar-refractivity contribution in [3.05, 3.63) is 65.2 Å². The van der Waals surface area contributed by atoms with Crippen LogP contribution in [0.2, 0.25) is 5.02 Å². The molecule has 1 fully saturated rings. The van der Waals surface area contributed by atoms with Gasteiger partial charge in [-0.1, -0.05) is 55.8 Å². The Morgan fingerprint density at radius 1 is 1.10 bits per heavy atom. The van der Waals surface area contributed by atoms with Crippen molar-refractivity contribution in [3.8, 4) is 0 Å². The first-order valence-electron chi connectivity index (χ1n) is 10.1. The van der Waals surface area contributed by atoms with E-state index >= 15 is 0 Å². The number of benzene rings is 2. The molecule has 0 radical (unpaired) electrons. The summed E-state index contributed by atoms with van der Waals surface area (Å²) in [5, 5.41) is 6.25. The van der Waals surface area contributed by atoms with Gasteiger partial charge in [0.05, 0.1) is 10.6 Å². The molecule has 2 unspecified atom stereocenters. The van der Waals surface area contributed by atoms with Crippen LogP contribution in [0.5, 0.6) is 0 Å². The van der Waals surface area contributed by atoms with Gasteiger partial charge < -0.3 is 15.5 Å². The largest absolute Gasteiger partial charge is 0.371 e. The fourth-order valence-corrected chi connectivity index (χ4v) is 3.85. The summed E-state index contributed by atoms with van der Waals surface area (Å²) in [4.78, 5) is 27.7. The second kappa shape index (κ2) is 9.79. The topological polar surface area (TPSA) is 61.4 Å². The maximum Gasteiger partial charge on any atom is 0.253 e. The van der Waals surface area contributed by atoms with Crippen molar-refractivity contribution in [1.29, 1.82) is 0 Å². The molecule has 3 rings (SSSR count). The van der Waals surface area contributed by atoms with Gasteiger partial charge in [-0.25, -0.2) is 0 Å². The van der Waals surface area contributed by atoms with Crippen LogP contribution in [-0.2, 0) is 4.79 Å². The first kappa shape index (κ1) is 21.2. The molecule has 0 bridgehead atoms. The van der Waals surface area contributed by atoms with E-state index in [9.17, 15) is 9.59 Å². The van der Waals surface area contributed by atoms with Crippen LogP contribution in [-0.4, -0.2) is 37.5 Å². The SMILES string of the molecule is CC(C)C(NC(=O)c1ccccc1Cl)C(=O)NCC1CCN(c2ccccc2)C1. The number of rotatable bonds is 7. The molecular weight excluding hydrogens is 386 g/mol. The average molecular weight is 414 g/mol. The van der Waals surface area contributed by atoms with Crippen LogP contribution in [0, 0.1) is 11.8 Å². The van der Waals surface area contributed by atoms with Gasteiger partial charge in [0.25, 0.3) is 5.91 Å². The summed E-state index contributed by atoms with van der Waals surface area (Å²) >= 11 is 6.11.